The third kappa shape index (κ3) is 5.42. The highest BCUT2D eigenvalue weighted by Crippen LogP contribution is 2.31. The Balaban J connectivity index is 1.56. The molecule has 0 aliphatic carbocycles. The Kier molecular flexibility index (Phi) is 6.97. The third-order valence-corrected chi connectivity index (χ3v) is 5.26. The Morgan fingerprint density at radius 3 is 2.62 bits per heavy atom. The fraction of sp³-hybridized carbons (Fsp3) is 0.280. The van der Waals surface area contributed by atoms with Gasteiger partial charge in [0, 0.05) is 37.5 Å². The Labute approximate surface area is 186 Å². The number of amides is 1. The van der Waals surface area contributed by atoms with Crippen molar-refractivity contribution in [1.29, 1.82) is 0 Å². The lowest BCUT2D eigenvalue weighted by molar-refractivity contribution is 0.0729. The number of carbonyl (C=O) groups excluding carboxylic acids is 1. The van der Waals surface area contributed by atoms with Crippen molar-refractivity contribution >= 4 is 5.91 Å². The van der Waals surface area contributed by atoms with Crippen LogP contribution in [0.2, 0.25) is 0 Å². The number of benzene rings is 2. The van der Waals surface area contributed by atoms with E-state index in [1.54, 1.807) is 24.4 Å². The van der Waals surface area contributed by atoms with E-state index >= 15 is 0 Å². The Bertz CT molecular complexity index is 1040. The molecule has 6 nitrogen and oxygen atoms in total. The van der Waals surface area contributed by atoms with Gasteiger partial charge in [-0.15, -0.1) is 0 Å². The Morgan fingerprint density at radius 2 is 1.94 bits per heavy atom. The fourth-order valence-corrected chi connectivity index (χ4v) is 3.60. The van der Waals surface area contributed by atoms with E-state index in [9.17, 15) is 9.18 Å². The number of ether oxygens (including phenoxy) is 3. The summed E-state index contributed by atoms with van der Waals surface area (Å²) in [4.78, 5) is 19.1. The quantitative estimate of drug-likeness (QED) is 0.529. The van der Waals surface area contributed by atoms with E-state index < -0.39 is 0 Å². The maximum Gasteiger partial charge on any atom is 0.254 e. The van der Waals surface area contributed by atoms with Crippen LogP contribution in [0.3, 0.4) is 0 Å². The number of nitrogens with zero attached hydrogens (tertiary/aromatic N) is 2. The standard InChI is InChI=1S/C25H25FN2O4/c1-30-24-13-18(4-9-23(24)32-22-10-12-31-17-22)15-28(16-19-3-2-11-27-14-19)25(29)20-5-7-21(26)8-6-20/h2-9,11,13-14,22H,10,12,15-17H2,1H3/t22-/m1/s1. The first-order valence-corrected chi connectivity index (χ1v) is 10.5. The SMILES string of the molecule is COc1cc(CN(Cc2cccnc2)C(=O)c2ccc(F)cc2)ccc1O[C@@H]1CCOC1. The first kappa shape index (κ1) is 21.8. The molecule has 1 atom stereocenters. The molecule has 0 unspecified atom stereocenters. The van der Waals surface area contributed by atoms with Gasteiger partial charge in [-0.2, -0.15) is 0 Å². The molecule has 0 bridgehead atoms. The molecule has 1 aliphatic rings. The lowest BCUT2D eigenvalue weighted by Gasteiger charge is -2.24. The summed E-state index contributed by atoms with van der Waals surface area (Å²) in [6.07, 6.45) is 4.27. The molecule has 0 radical (unpaired) electrons. The van der Waals surface area contributed by atoms with Gasteiger partial charge in [0.1, 0.15) is 11.9 Å². The van der Waals surface area contributed by atoms with E-state index in [4.69, 9.17) is 14.2 Å². The maximum atomic E-state index is 13.3. The van der Waals surface area contributed by atoms with Crippen molar-refractivity contribution < 1.29 is 23.4 Å². The molecule has 1 fully saturated rings. The molecule has 0 saturated carbocycles. The number of pyridine rings is 1. The van der Waals surface area contributed by atoms with E-state index in [0.29, 0.717) is 43.4 Å². The molecule has 1 aliphatic heterocycles. The monoisotopic (exact) mass is 436 g/mol. The summed E-state index contributed by atoms with van der Waals surface area (Å²) in [6.45, 7) is 1.97. The van der Waals surface area contributed by atoms with Gasteiger partial charge in [-0.1, -0.05) is 12.1 Å². The molecule has 1 amide bonds. The van der Waals surface area contributed by atoms with Gasteiger partial charge in [0.2, 0.25) is 0 Å². The predicted octanol–water partition coefficient (Wildman–Crippen LogP) is 4.24. The normalized spacial score (nSPS) is 15.4. The molecular formula is C25H25FN2O4. The lowest BCUT2D eigenvalue weighted by atomic mass is 10.1. The van der Waals surface area contributed by atoms with E-state index in [1.807, 2.05) is 30.3 Å². The van der Waals surface area contributed by atoms with Gasteiger partial charge in [0.25, 0.3) is 5.91 Å². The molecule has 7 heteroatoms. The van der Waals surface area contributed by atoms with Crippen LogP contribution < -0.4 is 9.47 Å². The summed E-state index contributed by atoms with van der Waals surface area (Å²) in [5.41, 5.74) is 2.20. The van der Waals surface area contributed by atoms with Gasteiger partial charge in [-0.05, 0) is 53.6 Å². The Hall–Kier alpha value is -3.45. The van der Waals surface area contributed by atoms with Gasteiger partial charge in [0.05, 0.1) is 20.3 Å². The number of hydrogen-bond acceptors (Lipinski definition) is 5. The molecule has 1 aromatic heterocycles. The first-order chi connectivity index (χ1) is 15.6. The average molecular weight is 436 g/mol. The molecule has 166 valence electrons. The van der Waals surface area contributed by atoms with E-state index in [1.165, 1.54) is 24.3 Å². The van der Waals surface area contributed by atoms with Crippen LogP contribution in [0.1, 0.15) is 27.9 Å². The van der Waals surface area contributed by atoms with Crippen LogP contribution in [0.5, 0.6) is 11.5 Å². The summed E-state index contributed by atoms with van der Waals surface area (Å²) in [6, 6.07) is 15.0. The predicted molar refractivity (Wildman–Crippen MR) is 117 cm³/mol. The number of aromatic nitrogens is 1. The maximum absolute atomic E-state index is 13.3. The fourth-order valence-electron chi connectivity index (χ4n) is 3.60. The van der Waals surface area contributed by atoms with Crippen LogP contribution in [0, 0.1) is 5.82 Å². The van der Waals surface area contributed by atoms with Gasteiger partial charge in [0.15, 0.2) is 11.5 Å². The summed E-state index contributed by atoms with van der Waals surface area (Å²) in [7, 11) is 1.59. The van der Waals surface area contributed by atoms with Crippen LogP contribution in [0.15, 0.2) is 67.0 Å². The van der Waals surface area contributed by atoms with Gasteiger partial charge in [-0.25, -0.2) is 4.39 Å². The second-order valence-electron chi connectivity index (χ2n) is 7.62. The minimum atomic E-state index is -0.381. The zero-order valence-electron chi connectivity index (χ0n) is 17.9. The first-order valence-electron chi connectivity index (χ1n) is 10.5. The highest BCUT2D eigenvalue weighted by molar-refractivity contribution is 5.94. The minimum Gasteiger partial charge on any atom is -0.493 e. The molecule has 0 N–H and O–H groups in total. The van der Waals surface area contributed by atoms with Crippen molar-refractivity contribution in [2.24, 2.45) is 0 Å². The molecule has 4 rings (SSSR count). The van der Waals surface area contributed by atoms with Crippen molar-refractivity contribution in [2.45, 2.75) is 25.6 Å². The highest BCUT2D eigenvalue weighted by Gasteiger charge is 2.21. The van der Waals surface area contributed by atoms with E-state index in [2.05, 4.69) is 4.98 Å². The van der Waals surface area contributed by atoms with Gasteiger partial charge in [-0.3, -0.25) is 9.78 Å². The van der Waals surface area contributed by atoms with Crippen molar-refractivity contribution in [3.63, 3.8) is 0 Å². The van der Waals surface area contributed by atoms with Crippen LogP contribution in [0.4, 0.5) is 4.39 Å². The minimum absolute atomic E-state index is 0.0110. The molecule has 1 saturated heterocycles. The highest BCUT2D eigenvalue weighted by atomic mass is 19.1. The third-order valence-electron chi connectivity index (χ3n) is 5.26. The zero-order chi connectivity index (χ0) is 22.3. The average Bonchev–Trinajstić information content (AvgIpc) is 3.33. The summed E-state index contributed by atoms with van der Waals surface area (Å²) < 4.78 is 30.3. The number of hydrogen-bond donors (Lipinski definition) is 0. The molecule has 32 heavy (non-hydrogen) atoms. The molecule has 0 spiro atoms. The second-order valence-corrected chi connectivity index (χ2v) is 7.62. The number of carbonyl (C=O) groups is 1. The summed E-state index contributed by atoms with van der Waals surface area (Å²) in [5.74, 6) is 0.671. The largest absolute Gasteiger partial charge is 0.493 e. The number of rotatable bonds is 8. The number of halogens is 1. The molecule has 3 aromatic rings. The lowest BCUT2D eigenvalue weighted by Crippen LogP contribution is -2.30. The van der Waals surface area contributed by atoms with Gasteiger partial charge < -0.3 is 19.1 Å². The van der Waals surface area contributed by atoms with Crippen molar-refractivity contribution in [3.05, 3.63) is 89.5 Å². The summed E-state index contributed by atoms with van der Waals surface area (Å²) >= 11 is 0. The topological polar surface area (TPSA) is 60.9 Å². The molecule has 2 aromatic carbocycles. The van der Waals surface area contributed by atoms with Crippen LogP contribution in [0.25, 0.3) is 0 Å². The zero-order valence-corrected chi connectivity index (χ0v) is 17.9. The summed E-state index contributed by atoms with van der Waals surface area (Å²) in [5, 5.41) is 0. The molecule has 2 heterocycles. The van der Waals surface area contributed by atoms with E-state index in [0.717, 1.165) is 17.5 Å². The van der Waals surface area contributed by atoms with Crippen molar-refractivity contribution in [3.8, 4) is 11.5 Å². The van der Waals surface area contributed by atoms with Crippen LogP contribution >= 0.6 is 0 Å². The number of methoxy groups -OCH3 is 1. The van der Waals surface area contributed by atoms with E-state index in [-0.39, 0.29) is 17.8 Å². The van der Waals surface area contributed by atoms with Gasteiger partial charge >= 0.3 is 0 Å². The smallest absolute Gasteiger partial charge is 0.254 e. The van der Waals surface area contributed by atoms with Crippen LogP contribution in [-0.2, 0) is 17.8 Å². The second kappa shape index (κ2) is 10.2. The molecular weight excluding hydrogens is 411 g/mol. The van der Waals surface area contributed by atoms with Crippen LogP contribution in [-0.4, -0.2) is 42.2 Å². The Morgan fingerprint density at radius 1 is 1.12 bits per heavy atom. The van der Waals surface area contributed by atoms with Crippen molar-refractivity contribution in [1.82, 2.24) is 9.88 Å². The van der Waals surface area contributed by atoms with Crippen molar-refractivity contribution in [2.75, 3.05) is 20.3 Å².